The molecule has 17 heavy (non-hydrogen) atoms. The maximum absolute atomic E-state index is 8.70. The van der Waals surface area contributed by atoms with Crippen molar-refractivity contribution in [3.8, 4) is 6.07 Å². The average Bonchev–Trinajstić information content (AvgIpc) is 2.35. The zero-order valence-corrected chi connectivity index (χ0v) is 9.95. The van der Waals surface area contributed by atoms with Crippen LogP contribution in [0.25, 0.3) is 0 Å². The highest BCUT2D eigenvalue weighted by molar-refractivity contribution is 7.99. The van der Waals surface area contributed by atoms with E-state index in [1.165, 1.54) is 0 Å². The second-order valence-electron chi connectivity index (χ2n) is 3.48. The average molecular weight is 241 g/mol. The SMILES string of the molecule is N#CCc1cc(Sc2ccncc2)ccc1N. The van der Waals surface area contributed by atoms with Crippen LogP contribution in [0.4, 0.5) is 5.69 Å². The summed E-state index contributed by atoms with van der Waals surface area (Å²) in [6, 6.07) is 11.8. The molecule has 1 aromatic heterocycles. The number of nitrogens with zero attached hydrogens (tertiary/aromatic N) is 2. The molecular formula is C13H11N3S. The van der Waals surface area contributed by atoms with Crippen molar-refractivity contribution in [2.45, 2.75) is 16.2 Å². The number of nitriles is 1. The van der Waals surface area contributed by atoms with Gasteiger partial charge in [-0.2, -0.15) is 5.26 Å². The number of benzene rings is 1. The van der Waals surface area contributed by atoms with Crippen molar-refractivity contribution in [3.63, 3.8) is 0 Å². The molecule has 2 rings (SSSR count). The van der Waals surface area contributed by atoms with E-state index in [4.69, 9.17) is 11.0 Å². The Morgan fingerprint density at radius 3 is 2.65 bits per heavy atom. The topological polar surface area (TPSA) is 62.7 Å². The van der Waals surface area contributed by atoms with Gasteiger partial charge in [0.1, 0.15) is 0 Å². The van der Waals surface area contributed by atoms with Crippen LogP contribution in [-0.4, -0.2) is 4.98 Å². The molecule has 0 fully saturated rings. The van der Waals surface area contributed by atoms with E-state index in [-0.39, 0.29) is 0 Å². The highest BCUT2D eigenvalue weighted by Crippen LogP contribution is 2.29. The van der Waals surface area contributed by atoms with Crippen molar-refractivity contribution in [1.29, 1.82) is 5.26 Å². The van der Waals surface area contributed by atoms with Crippen molar-refractivity contribution >= 4 is 17.4 Å². The summed E-state index contributed by atoms with van der Waals surface area (Å²) in [6.07, 6.45) is 3.86. The van der Waals surface area contributed by atoms with Gasteiger partial charge in [-0.05, 0) is 35.9 Å². The number of pyridine rings is 1. The predicted octanol–water partition coefficient (Wildman–Crippen LogP) is 2.88. The van der Waals surface area contributed by atoms with Crippen LogP contribution in [0.1, 0.15) is 5.56 Å². The lowest BCUT2D eigenvalue weighted by Crippen LogP contribution is -1.93. The fraction of sp³-hybridized carbons (Fsp3) is 0.0769. The number of aromatic nitrogens is 1. The van der Waals surface area contributed by atoms with Gasteiger partial charge in [0, 0.05) is 27.9 Å². The minimum atomic E-state index is 0.344. The van der Waals surface area contributed by atoms with Crippen LogP contribution in [0, 0.1) is 11.3 Å². The minimum Gasteiger partial charge on any atom is -0.398 e. The Morgan fingerprint density at radius 2 is 1.94 bits per heavy atom. The van der Waals surface area contributed by atoms with Crippen molar-refractivity contribution < 1.29 is 0 Å². The maximum atomic E-state index is 8.70. The molecule has 0 aliphatic rings. The van der Waals surface area contributed by atoms with Gasteiger partial charge in [-0.1, -0.05) is 11.8 Å². The van der Waals surface area contributed by atoms with E-state index in [0.717, 1.165) is 15.4 Å². The highest BCUT2D eigenvalue weighted by Gasteiger charge is 2.02. The minimum absolute atomic E-state index is 0.344. The first kappa shape index (κ1) is 11.5. The van der Waals surface area contributed by atoms with E-state index < -0.39 is 0 Å². The van der Waals surface area contributed by atoms with Gasteiger partial charge in [0.05, 0.1) is 12.5 Å². The highest BCUT2D eigenvalue weighted by atomic mass is 32.2. The third kappa shape index (κ3) is 2.99. The molecule has 0 radical (unpaired) electrons. The first-order chi connectivity index (χ1) is 8.29. The van der Waals surface area contributed by atoms with Crippen LogP contribution in [0.2, 0.25) is 0 Å². The molecule has 2 N–H and O–H groups in total. The van der Waals surface area contributed by atoms with Crippen LogP contribution in [0.5, 0.6) is 0 Å². The Balaban J connectivity index is 2.23. The molecule has 0 atom stereocenters. The quantitative estimate of drug-likeness (QED) is 0.839. The molecule has 3 nitrogen and oxygen atoms in total. The molecule has 84 valence electrons. The van der Waals surface area contributed by atoms with Gasteiger partial charge in [-0.3, -0.25) is 4.98 Å². The number of hydrogen-bond acceptors (Lipinski definition) is 4. The Bertz CT molecular complexity index is 546. The standard InChI is InChI=1S/C13H11N3S/c14-6-3-10-9-12(1-2-13(10)15)17-11-4-7-16-8-5-11/h1-2,4-5,7-9H,3,15H2. The third-order valence-corrected chi connectivity index (χ3v) is 3.27. The predicted molar refractivity (Wildman–Crippen MR) is 68.5 cm³/mol. The summed E-state index contributed by atoms with van der Waals surface area (Å²) in [5.41, 5.74) is 7.35. The van der Waals surface area contributed by atoms with Crippen LogP contribution >= 0.6 is 11.8 Å². The van der Waals surface area contributed by atoms with E-state index in [0.29, 0.717) is 12.1 Å². The Morgan fingerprint density at radius 1 is 1.18 bits per heavy atom. The molecule has 1 aromatic carbocycles. The summed E-state index contributed by atoms with van der Waals surface area (Å²) < 4.78 is 0. The summed E-state index contributed by atoms with van der Waals surface area (Å²) in [6.45, 7) is 0. The Hall–Kier alpha value is -1.99. The van der Waals surface area contributed by atoms with Gasteiger partial charge in [-0.15, -0.1) is 0 Å². The summed E-state index contributed by atoms with van der Waals surface area (Å²) in [5.74, 6) is 0. The number of anilines is 1. The zero-order valence-electron chi connectivity index (χ0n) is 9.13. The fourth-order valence-electron chi connectivity index (χ4n) is 1.43. The first-order valence-electron chi connectivity index (χ1n) is 5.13. The smallest absolute Gasteiger partial charge is 0.0670 e. The second-order valence-corrected chi connectivity index (χ2v) is 4.63. The summed E-state index contributed by atoms with van der Waals surface area (Å²) in [7, 11) is 0. The molecule has 0 unspecified atom stereocenters. The molecule has 1 heterocycles. The fourth-order valence-corrected chi connectivity index (χ4v) is 2.29. The Kier molecular flexibility index (Phi) is 3.63. The molecule has 0 saturated carbocycles. The van der Waals surface area contributed by atoms with Gasteiger partial charge in [0.25, 0.3) is 0 Å². The van der Waals surface area contributed by atoms with E-state index in [1.807, 2.05) is 30.3 Å². The lowest BCUT2D eigenvalue weighted by atomic mass is 10.1. The van der Waals surface area contributed by atoms with Gasteiger partial charge < -0.3 is 5.73 Å². The molecule has 0 spiro atoms. The van der Waals surface area contributed by atoms with Gasteiger partial charge in [0.15, 0.2) is 0 Å². The zero-order chi connectivity index (χ0) is 12.1. The van der Waals surface area contributed by atoms with Crippen LogP contribution < -0.4 is 5.73 Å². The summed E-state index contributed by atoms with van der Waals surface area (Å²) >= 11 is 1.63. The number of nitrogens with two attached hydrogens (primary N) is 1. The third-order valence-electron chi connectivity index (χ3n) is 2.27. The van der Waals surface area contributed by atoms with E-state index in [1.54, 1.807) is 24.2 Å². The normalized spacial score (nSPS) is 9.82. The largest absolute Gasteiger partial charge is 0.398 e. The van der Waals surface area contributed by atoms with E-state index >= 15 is 0 Å². The van der Waals surface area contributed by atoms with Crippen molar-refractivity contribution in [2.75, 3.05) is 5.73 Å². The molecular weight excluding hydrogens is 230 g/mol. The lowest BCUT2D eigenvalue weighted by molar-refractivity contribution is 1.23. The number of nitrogen functional groups attached to an aromatic ring is 1. The number of hydrogen-bond donors (Lipinski definition) is 1. The molecule has 2 aromatic rings. The second kappa shape index (κ2) is 5.37. The van der Waals surface area contributed by atoms with Gasteiger partial charge in [0.2, 0.25) is 0 Å². The van der Waals surface area contributed by atoms with Crippen molar-refractivity contribution in [2.24, 2.45) is 0 Å². The molecule has 0 aliphatic heterocycles. The Labute approximate surface area is 104 Å². The maximum Gasteiger partial charge on any atom is 0.0670 e. The van der Waals surface area contributed by atoms with Gasteiger partial charge in [-0.25, -0.2) is 0 Å². The van der Waals surface area contributed by atoms with Crippen LogP contribution in [0.3, 0.4) is 0 Å². The molecule has 0 saturated heterocycles. The van der Waals surface area contributed by atoms with Crippen molar-refractivity contribution in [1.82, 2.24) is 4.98 Å². The van der Waals surface area contributed by atoms with Crippen LogP contribution in [0.15, 0.2) is 52.5 Å². The lowest BCUT2D eigenvalue weighted by Gasteiger charge is -2.05. The first-order valence-corrected chi connectivity index (χ1v) is 5.94. The monoisotopic (exact) mass is 241 g/mol. The van der Waals surface area contributed by atoms with E-state index in [9.17, 15) is 0 Å². The van der Waals surface area contributed by atoms with E-state index in [2.05, 4.69) is 11.1 Å². The van der Waals surface area contributed by atoms with Crippen LogP contribution in [-0.2, 0) is 6.42 Å². The molecule has 4 heteroatoms. The van der Waals surface area contributed by atoms with Crippen molar-refractivity contribution in [3.05, 3.63) is 48.3 Å². The summed E-state index contributed by atoms with van der Waals surface area (Å²) in [5, 5.41) is 8.70. The molecule has 0 aliphatic carbocycles. The summed E-state index contributed by atoms with van der Waals surface area (Å²) in [4.78, 5) is 6.17. The molecule has 0 bridgehead atoms. The molecule has 0 amide bonds. The number of rotatable bonds is 3. The van der Waals surface area contributed by atoms with Gasteiger partial charge >= 0.3 is 0 Å².